The first-order valence-corrected chi connectivity index (χ1v) is 39.6. The van der Waals surface area contributed by atoms with Crippen molar-refractivity contribution in [3.63, 3.8) is 0 Å². The second kappa shape index (κ2) is 38.7. The van der Waals surface area contributed by atoms with Crippen LogP contribution in [0, 0.1) is 44.0 Å². The number of hydrogen-bond donors (Lipinski definition) is 6. The molecule has 124 heavy (non-hydrogen) atoms. The van der Waals surface area contributed by atoms with Crippen molar-refractivity contribution in [3.8, 4) is 89.5 Å². The van der Waals surface area contributed by atoms with E-state index in [0.29, 0.717) is 137 Å². The largest absolute Gasteiger partial charge is 0.448 e. The summed E-state index contributed by atoms with van der Waals surface area (Å²) < 4.78 is 65.7. The number of nitrogens with one attached hydrogen (secondary N) is 5. The molecule has 12 heterocycles. The summed E-state index contributed by atoms with van der Waals surface area (Å²) in [6, 6.07) is 51.1. The number of carbonyl (C=O) groups is 6. The van der Waals surface area contributed by atoms with Crippen LogP contribution in [-0.2, 0) is 14.3 Å². The summed E-state index contributed by atoms with van der Waals surface area (Å²) in [6.45, 7) is 11.2. The number of carbonyl (C=O) groups excluding carboxylic acids is 6. The molecule has 0 unspecified atom stereocenters. The van der Waals surface area contributed by atoms with Crippen molar-refractivity contribution in [2.24, 2.45) is 0 Å². The van der Waals surface area contributed by atoms with Crippen LogP contribution in [0.15, 0.2) is 244 Å². The molecule has 11 aromatic heterocycles. The number of anilines is 1. The zero-order valence-corrected chi connectivity index (χ0v) is 68.4. The average molecular weight is 1690 g/mol. The number of benzene rings is 5. The Hall–Kier alpha value is -15.5. The Morgan fingerprint density at radius 1 is 0.419 bits per heavy atom. The van der Waals surface area contributed by atoms with E-state index in [0.717, 1.165) is 83.5 Å². The maximum absolute atomic E-state index is 14.3. The lowest BCUT2D eigenvalue weighted by molar-refractivity contribution is -0.119. The first kappa shape index (κ1) is 85.0. The molecule has 17 rings (SSSR count). The monoisotopic (exact) mass is 1690 g/mol. The summed E-state index contributed by atoms with van der Waals surface area (Å²) in [4.78, 5) is 112. The van der Waals surface area contributed by atoms with Gasteiger partial charge in [0.2, 0.25) is 11.8 Å². The van der Waals surface area contributed by atoms with Gasteiger partial charge in [0.1, 0.15) is 76.0 Å². The summed E-state index contributed by atoms with van der Waals surface area (Å²) in [5.41, 5.74) is 23.6. The minimum atomic E-state index is -0.381. The number of cyclic esters (lactones) is 1. The molecule has 624 valence electrons. The molecule has 0 spiro atoms. The zero-order valence-electron chi connectivity index (χ0n) is 67.6. The third kappa shape index (κ3) is 19.8. The first-order valence-electron chi connectivity index (χ1n) is 39.3. The van der Waals surface area contributed by atoms with Gasteiger partial charge in [0.25, 0.3) is 17.7 Å². The minimum absolute atomic E-state index is 0.0961. The maximum atomic E-state index is 14.3. The van der Waals surface area contributed by atoms with Crippen LogP contribution in [0.5, 0.6) is 0 Å². The van der Waals surface area contributed by atoms with Crippen molar-refractivity contribution in [2.45, 2.75) is 41.0 Å². The second-order valence-corrected chi connectivity index (χ2v) is 29.1. The van der Waals surface area contributed by atoms with Crippen molar-refractivity contribution >= 4 is 80.9 Å². The number of ether oxygens (including phenoxy) is 1. The Morgan fingerprint density at radius 2 is 0.815 bits per heavy atom. The summed E-state index contributed by atoms with van der Waals surface area (Å²) in [5, 5.41) is 15.0. The van der Waals surface area contributed by atoms with Gasteiger partial charge in [-0.05, 0) is 195 Å². The molecule has 0 radical (unpaired) electrons. The topological polar surface area (TPSA) is 330 Å². The number of fused-ring (bicyclic) bond motifs is 4. The lowest BCUT2D eigenvalue weighted by Gasteiger charge is -2.13. The number of hydrogen-bond acceptors (Lipinski definition) is 17. The van der Waals surface area contributed by atoms with E-state index in [2.05, 4.69) is 71.4 Å². The van der Waals surface area contributed by atoms with Gasteiger partial charge >= 0.3 is 6.09 Å². The third-order valence-electron chi connectivity index (χ3n) is 20.1. The van der Waals surface area contributed by atoms with Crippen LogP contribution in [0.1, 0.15) is 68.4 Å². The predicted molar refractivity (Wildman–Crippen MR) is 465 cm³/mol. The van der Waals surface area contributed by atoms with E-state index < -0.39 is 0 Å². The van der Waals surface area contributed by atoms with E-state index >= 15 is 0 Å². The molecule has 1 saturated heterocycles. The molecule has 26 nitrogen and oxygen atoms in total. The minimum Gasteiger partial charge on any atom is -0.448 e. The SMILES string of the molecule is CC(=O)NCCCNC(=O)c1cnc2ccc(-c3cccnc3-c3ccc(F)c(C)c3)cn12.CC(=O)NCCNC(=O)c1cnc2ccc(-c3cccnc3-c3ccc(F)c(C)c3)cn12.Cc1cc(-c2ncccc2-c2ccc3ncc(C(=O)NCCN4CCOC4=O)n3c2)ccc1F.Nc1ncnc2ccc(-c3cccnc3-c3cc(Cl)ccc3F)cc12. The van der Waals surface area contributed by atoms with Crippen LogP contribution < -0.4 is 32.3 Å². The summed E-state index contributed by atoms with van der Waals surface area (Å²) in [5.74, 6) is -1.86. The molecule has 1 aliphatic rings. The molecule has 0 bridgehead atoms. The average Bonchev–Trinajstić information content (AvgIpc) is 1.56. The predicted octanol–water partition coefficient (Wildman–Crippen LogP) is 15.6. The number of pyridine rings is 7. The third-order valence-corrected chi connectivity index (χ3v) is 20.4. The smallest absolute Gasteiger partial charge is 0.409 e. The van der Waals surface area contributed by atoms with Crippen LogP contribution in [0.4, 0.5) is 28.2 Å². The number of nitrogens with zero attached hydrogens (tertiary/aromatic N) is 13. The number of aromatic nitrogens is 12. The molecule has 1 fully saturated rings. The molecule has 1 aliphatic heterocycles. The number of amides is 6. The summed E-state index contributed by atoms with van der Waals surface area (Å²) in [7, 11) is 0. The van der Waals surface area contributed by atoms with Gasteiger partial charge in [-0.1, -0.05) is 41.9 Å². The molecule has 31 heteroatoms. The van der Waals surface area contributed by atoms with Crippen molar-refractivity contribution in [1.29, 1.82) is 0 Å². The van der Waals surface area contributed by atoms with Crippen molar-refractivity contribution in [3.05, 3.63) is 306 Å². The van der Waals surface area contributed by atoms with Crippen LogP contribution in [0.3, 0.4) is 0 Å². The fraction of sp³-hybridized carbons (Fsp3) is 0.151. The van der Waals surface area contributed by atoms with Gasteiger partial charge in [0.05, 0.1) is 53.4 Å². The van der Waals surface area contributed by atoms with Gasteiger partial charge in [-0.2, -0.15) is 0 Å². The van der Waals surface area contributed by atoms with E-state index in [9.17, 15) is 46.3 Å². The Labute approximate surface area is 712 Å². The summed E-state index contributed by atoms with van der Waals surface area (Å²) >= 11 is 6.04. The van der Waals surface area contributed by atoms with Crippen molar-refractivity contribution in [1.82, 2.24) is 89.5 Å². The highest BCUT2D eigenvalue weighted by Gasteiger charge is 2.24. The fourth-order valence-electron chi connectivity index (χ4n) is 13.9. The van der Waals surface area contributed by atoms with Gasteiger partial charge < -0.3 is 42.0 Å². The van der Waals surface area contributed by atoms with E-state index in [1.165, 1.54) is 69.1 Å². The quantitative estimate of drug-likeness (QED) is 0.0287. The number of nitrogen functional groups attached to an aromatic ring is 1. The second-order valence-electron chi connectivity index (χ2n) is 28.7. The number of nitrogens with two attached hydrogens (primary N) is 1. The van der Waals surface area contributed by atoms with Gasteiger partial charge in [-0.25, -0.2) is 47.3 Å². The highest BCUT2D eigenvalue weighted by molar-refractivity contribution is 6.31. The van der Waals surface area contributed by atoms with Crippen LogP contribution in [0.2, 0.25) is 5.02 Å². The van der Waals surface area contributed by atoms with Crippen LogP contribution >= 0.6 is 11.6 Å². The van der Waals surface area contributed by atoms with E-state index in [1.54, 1.807) is 112 Å². The maximum Gasteiger partial charge on any atom is 0.409 e. The molecule has 0 saturated carbocycles. The van der Waals surface area contributed by atoms with Gasteiger partial charge in [-0.3, -0.25) is 57.1 Å². The zero-order chi connectivity index (χ0) is 87.1. The number of aryl methyl sites for hydroxylation is 3. The van der Waals surface area contributed by atoms with Gasteiger partial charge in [-0.15, -0.1) is 0 Å². The Bertz CT molecular complexity index is 6740. The van der Waals surface area contributed by atoms with Crippen molar-refractivity contribution in [2.75, 3.05) is 58.2 Å². The van der Waals surface area contributed by atoms with Gasteiger partial charge in [0.15, 0.2) is 0 Å². The van der Waals surface area contributed by atoms with Crippen LogP contribution in [0.25, 0.3) is 117 Å². The Balaban J connectivity index is 0.000000135. The lowest BCUT2D eigenvalue weighted by Crippen LogP contribution is -2.35. The number of imidazole rings is 3. The number of halogens is 5. The number of rotatable bonds is 21. The van der Waals surface area contributed by atoms with Gasteiger partial charge in [0, 0.05) is 168 Å². The fourth-order valence-corrected chi connectivity index (χ4v) is 14.0. The standard InChI is InChI=1S/C25H22FN5O3.C25H24FN5O2.C24H22FN5O2.C19H12ClFN4/c1-16-13-17(4-6-20(16)26)23-19(3-2-8-27-23)18-5-7-22-29-14-21(31(22)15-18)24(32)28-9-10-30-11-12-34-25(30)33;1-16-13-18(6-8-21(16)26)24-20(5-3-10-28-24)19-7-9-23-30-14-22(31(23)15-19)25(33)29-12-4-11-27-17(2)32;1-15-12-17(5-7-20(15)25)23-19(4-3-9-27-23)18-6-8-22-29-13-21(30(22)14-18)24(32)28-11-10-26-16(2)31;20-12-4-5-16(21)14(9-12)18-13(2-1-7-23-18)11-3-6-17-15(8-11)19(22)25-10-24-17/h2-8,13-15H,9-12H2,1H3,(H,28,32);3,5-10,13-15H,4,11-12H2,1-2H3,(H,27,32)(H,29,33);3-9,12-14H,10-11H2,1-2H3,(H,26,31)(H,28,32);1-10H,(H2,22,24,25). The van der Waals surface area contributed by atoms with Crippen molar-refractivity contribution < 1.29 is 51.1 Å². The van der Waals surface area contributed by atoms with E-state index in [4.69, 9.17) is 22.1 Å². The lowest BCUT2D eigenvalue weighted by atomic mass is 9.98. The molecule has 0 atom stereocenters. The Kier molecular flexibility index (Phi) is 26.5. The van der Waals surface area contributed by atoms with E-state index in [1.807, 2.05) is 116 Å². The molecular weight excluding hydrogens is 1610 g/mol. The van der Waals surface area contributed by atoms with E-state index in [-0.39, 0.29) is 58.9 Å². The molecule has 6 amide bonds. The molecule has 16 aromatic rings. The van der Waals surface area contributed by atoms with Crippen LogP contribution in [-0.4, -0.2) is 151 Å². The normalized spacial score (nSPS) is 11.6. The summed E-state index contributed by atoms with van der Waals surface area (Å²) in [6.07, 6.45) is 18.5. The highest BCUT2D eigenvalue weighted by atomic mass is 35.5. The molecular formula is C93H80ClF4N19O7. The first-order chi connectivity index (χ1) is 60.0. The molecule has 7 N–H and O–H groups in total. The highest BCUT2D eigenvalue weighted by Crippen LogP contribution is 2.38. The Morgan fingerprint density at radius 3 is 1.26 bits per heavy atom. The molecule has 0 aliphatic carbocycles. The molecule has 5 aromatic carbocycles.